The van der Waals surface area contributed by atoms with Crippen LogP contribution in [0, 0.1) is 0 Å². The average Bonchev–Trinajstić information content (AvgIpc) is 3.00. The second-order valence-electron chi connectivity index (χ2n) is 4.71. The fourth-order valence-corrected chi connectivity index (χ4v) is 2.85. The van der Waals surface area contributed by atoms with Crippen molar-refractivity contribution in [3.05, 3.63) is 48.5 Å². The van der Waals surface area contributed by atoms with Gasteiger partial charge in [0.15, 0.2) is 0 Å². The van der Waals surface area contributed by atoms with E-state index in [1.54, 1.807) is 12.5 Å². The number of rotatable bonds is 3. The van der Waals surface area contributed by atoms with Gasteiger partial charge in [0.1, 0.15) is 0 Å². The summed E-state index contributed by atoms with van der Waals surface area (Å²) in [4.78, 5) is 17.9. The molecule has 3 rings (SSSR count). The maximum Gasteiger partial charge on any atom is 0.228 e. The predicted molar refractivity (Wildman–Crippen MR) is 77.5 cm³/mol. The molecule has 0 saturated carbocycles. The molecule has 1 amide bonds. The van der Waals surface area contributed by atoms with E-state index in [0.717, 1.165) is 18.8 Å². The van der Waals surface area contributed by atoms with E-state index >= 15 is 0 Å². The summed E-state index contributed by atoms with van der Waals surface area (Å²) in [6.45, 7) is 1.55. The van der Waals surface area contributed by atoms with E-state index in [2.05, 4.69) is 33.0 Å². The molecule has 0 spiro atoms. The molecule has 0 N–H and O–H groups in total. The lowest BCUT2D eigenvalue weighted by molar-refractivity contribution is -0.117. The van der Waals surface area contributed by atoms with Crippen molar-refractivity contribution in [2.24, 2.45) is 0 Å². The highest BCUT2D eigenvalue weighted by atomic mass is 79.9. The normalized spacial score (nSPS) is 19.1. The topological polar surface area (TPSA) is 38.1 Å². The third kappa shape index (κ3) is 2.71. The van der Waals surface area contributed by atoms with E-state index in [-0.39, 0.29) is 10.7 Å². The molecule has 1 unspecified atom stereocenters. The van der Waals surface area contributed by atoms with Gasteiger partial charge in [-0.3, -0.25) is 4.79 Å². The summed E-state index contributed by atoms with van der Waals surface area (Å²) in [5.74, 6) is 0.184. The molecule has 1 saturated heterocycles. The lowest BCUT2D eigenvalue weighted by Crippen LogP contribution is -2.24. The Bertz CT molecular complexity index is 565. The third-order valence-electron chi connectivity index (χ3n) is 3.25. The van der Waals surface area contributed by atoms with Crippen molar-refractivity contribution in [3.8, 4) is 0 Å². The van der Waals surface area contributed by atoms with Gasteiger partial charge in [-0.25, -0.2) is 4.98 Å². The van der Waals surface area contributed by atoms with Crippen LogP contribution in [0.15, 0.2) is 43.0 Å². The van der Waals surface area contributed by atoms with Crippen molar-refractivity contribution in [1.29, 1.82) is 0 Å². The van der Waals surface area contributed by atoms with E-state index in [0.29, 0.717) is 6.42 Å². The Morgan fingerprint density at radius 2 is 2.11 bits per heavy atom. The van der Waals surface area contributed by atoms with Crippen LogP contribution in [0.1, 0.15) is 12.0 Å². The van der Waals surface area contributed by atoms with Crippen LogP contribution in [0.5, 0.6) is 0 Å². The number of hydrogen-bond acceptors (Lipinski definition) is 2. The number of aromatic nitrogens is 2. The van der Waals surface area contributed by atoms with Crippen LogP contribution < -0.4 is 4.90 Å². The Hall–Kier alpha value is -1.62. The Labute approximate surface area is 120 Å². The zero-order chi connectivity index (χ0) is 13.2. The number of hydrogen-bond donors (Lipinski definition) is 0. The molecular weight excluding hydrogens is 306 g/mol. The smallest absolute Gasteiger partial charge is 0.228 e. The maximum atomic E-state index is 11.8. The van der Waals surface area contributed by atoms with E-state index in [4.69, 9.17) is 0 Å². The average molecular weight is 320 g/mol. The SMILES string of the molecule is O=C1CC(Br)CN1c1ccc(Cn2ccnc2)cc1. The molecule has 5 heteroatoms. The van der Waals surface area contributed by atoms with Crippen molar-refractivity contribution in [3.63, 3.8) is 0 Å². The Morgan fingerprint density at radius 1 is 1.32 bits per heavy atom. The fourth-order valence-electron chi connectivity index (χ4n) is 2.29. The highest BCUT2D eigenvalue weighted by molar-refractivity contribution is 9.09. The minimum absolute atomic E-state index is 0.184. The highest BCUT2D eigenvalue weighted by Gasteiger charge is 2.28. The number of alkyl halides is 1. The summed E-state index contributed by atoms with van der Waals surface area (Å²) >= 11 is 3.50. The van der Waals surface area contributed by atoms with Gasteiger partial charge in [-0.2, -0.15) is 0 Å². The third-order valence-corrected chi connectivity index (χ3v) is 3.86. The molecular formula is C14H14BrN3O. The number of halogens is 1. The van der Waals surface area contributed by atoms with Crippen LogP contribution in [0.2, 0.25) is 0 Å². The number of amides is 1. The molecule has 98 valence electrons. The van der Waals surface area contributed by atoms with Crippen LogP contribution in [0.3, 0.4) is 0 Å². The Kier molecular flexibility index (Phi) is 3.38. The minimum atomic E-state index is 0.184. The van der Waals surface area contributed by atoms with Crippen LogP contribution in [0.25, 0.3) is 0 Å². The molecule has 2 heterocycles. The summed E-state index contributed by atoms with van der Waals surface area (Å²) in [7, 11) is 0. The van der Waals surface area contributed by atoms with Gasteiger partial charge < -0.3 is 9.47 Å². The van der Waals surface area contributed by atoms with Crippen LogP contribution in [-0.2, 0) is 11.3 Å². The first-order valence-electron chi connectivity index (χ1n) is 6.21. The van der Waals surface area contributed by atoms with Gasteiger partial charge in [0, 0.05) is 42.4 Å². The summed E-state index contributed by atoms with van der Waals surface area (Å²) in [5.41, 5.74) is 2.17. The monoisotopic (exact) mass is 319 g/mol. The molecule has 2 aromatic rings. The maximum absolute atomic E-state index is 11.8. The molecule has 1 aromatic carbocycles. The second-order valence-corrected chi connectivity index (χ2v) is 6.00. The fraction of sp³-hybridized carbons (Fsp3) is 0.286. The van der Waals surface area contributed by atoms with Gasteiger partial charge in [0.25, 0.3) is 0 Å². The van der Waals surface area contributed by atoms with Crippen molar-refractivity contribution >= 4 is 27.5 Å². The lowest BCUT2D eigenvalue weighted by Gasteiger charge is -2.16. The van der Waals surface area contributed by atoms with Gasteiger partial charge >= 0.3 is 0 Å². The standard InChI is InChI=1S/C14H14BrN3O/c15-12-7-14(19)18(9-12)13-3-1-11(2-4-13)8-17-6-5-16-10-17/h1-6,10,12H,7-9H2. The van der Waals surface area contributed by atoms with Crippen molar-refractivity contribution < 1.29 is 4.79 Å². The van der Waals surface area contributed by atoms with Crippen LogP contribution >= 0.6 is 15.9 Å². The number of nitrogens with zero attached hydrogens (tertiary/aromatic N) is 3. The van der Waals surface area contributed by atoms with E-state index in [9.17, 15) is 4.79 Å². The lowest BCUT2D eigenvalue weighted by atomic mass is 10.2. The van der Waals surface area contributed by atoms with Gasteiger partial charge in [0.05, 0.1) is 6.33 Å². The molecule has 0 bridgehead atoms. The molecule has 19 heavy (non-hydrogen) atoms. The number of carbonyl (C=O) groups excluding carboxylic acids is 1. The second kappa shape index (κ2) is 5.17. The first-order valence-corrected chi connectivity index (χ1v) is 7.13. The quantitative estimate of drug-likeness (QED) is 0.815. The van der Waals surface area contributed by atoms with Crippen molar-refractivity contribution in [2.45, 2.75) is 17.8 Å². The van der Waals surface area contributed by atoms with E-state index < -0.39 is 0 Å². The largest absolute Gasteiger partial charge is 0.333 e. The summed E-state index contributed by atoms with van der Waals surface area (Å²) in [5, 5.41) is 0. The minimum Gasteiger partial charge on any atom is -0.333 e. The molecule has 1 fully saturated rings. The summed E-state index contributed by atoms with van der Waals surface area (Å²) in [6, 6.07) is 8.14. The molecule has 4 nitrogen and oxygen atoms in total. The molecule has 1 aliphatic heterocycles. The Morgan fingerprint density at radius 3 is 2.68 bits per heavy atom. The van der Waals surface area contributed by atoms with Gasteiger partial charge in [0.2, 0.25) is 5.91 Å². The number of anilines is 1. The van der Waals surface area contributed by atoms with Gasteiger partial charge in [-0.15, -0.1) is 0 Å². The van der Waals surface area contributed by atoms with Crippen molar-refractivity contribution in [2.75, 3.05) is 11.4 Å². The number of benzene rings is 1. The van der Waals surface area contributed by atoms with E-state index in [1.807, 2.05) is 27.8 Å². The molecule has 1 atom stereocenters. The predicted octanol–water partition coefficient (Wildman–Crippen LogP) is 2.43. The van der Waals surface area contributed by atoms with Crippen LogP contribution in [-0.4, -0.2) is 26.8 Å². The first-order chi connectivity index (χ1) is 9.22. The summed E-state index contributed by atoms with van der Waals surface area (Å²) < 4.78 is 2.02. The molecule has 1 aliphatic rings. The van der Waals surface area contributed by atoms with Crippen molar-refractivity contribution in [1.82, 2.24) is 9.55 Å². The number of imidazole rings is 1. The zero-order valence-corrected chi connectivity index (χ0v) is 12.0. The molecule has 0 aliphatic carbocycles. The Balaban J connectivity index is 1.74. The summed E-state index contributed by atoms with van der Waals surface area (Å²) in [6.07, 6.45) is 6.09. The van der Waals surface area contributed by atoms with Gasteiger partial charge in [-0.05, 0) is 17.7 Å². The highest BCUT2D eigenvalue weighted by Crippen LogP contribution is 2.25. The van der Waals surface area contributed by atoms with E-state index in [1.165, 1.54) is 5.56 Å². The van der Waals surface area contributed by atoms with Gasteiger partial charge in [-0.1, -0.05) is 28.1 Å². The zero-order valence-electron chi connectivity index (χ0n) is 10.4. The first kappa shape index (κ1) is 12.4. The number of carbonyl (C=O) groups is 1. The molecule has 0 radical (unpaired) electrons. The van der Waals surface area contributed by atoms with Crippen LogP contribution in [0.4, 0.5) is 5.69 Å². The molecule has 1 aromatic heterocycles.